The molecule has 2 nitrogen and oxygen atoms in total. The first-order valence-corrected chi connectivity index (χ1v) is 5.38. The van der Waals surface area contributed by atoms with E-state index in [-0.39, 0.29) is 0 Å². The fourth-order valence-corrected chi connectivity index (χ4v) is 1.71. The van der Waals surface area contributed by atoms with Crippen LogP contribution in [0.4, 0.5) is 0 Å². The molecule has 0 amide bonds. The summed E-state index contributed by atoms with van der Waals surface area (Å²) in [5, 5.41) is 3.33. The molecule has 0 aliphatic rings. The number of aryl methyl sites for hydroxylation is 1. The van der Waals surface area contributed by atoms with Gasteiger partial charge in [0.1, 0.15) is 0 Å². The quantitative estimate of drug-likeness (QED) is 0.746. The number of nitrogens with zero attached hydrogens (tertiary/aromatic N) is 1. The van der Waals surface area contributed by atoms with Gasteiger partial charge in [-0.1, -0.05) is 11.6 Å². The molecule has 1 N–H and O–H groups in total. The summed E-state index contributed by atoms with van der Waals surface area (Å²) in [4.78, 5) is 4.31. The largest absolute Gasteiger partial charge is 0.313 e. The van der Waals surface area contributed by atoms with E-state index in [9.17, 15) is 0 Å². The maximum Gasteiger partial charge on any atom is 0.0420 e. The van der Waals surface area contributed by atoms with Crippen molar-refractivity contribution in [3.8, 4) is 0 Å². The molecule has 15 heavy (non-hydrogen) atoms. The van der Waals surface area contributed by atoms with Gasteiger partial charge < -0.3 is 5.32 Å². The molecule has 0 bridgehead atoms. The normalized spacial score (nSPS) is 12.5. The van der Waals surface area contributed by atoms with Crippen molar-refractivity contribution in [1.29, 1.82) is 0 Å². The highest BCUT2D eigenvalue weighted by molar-refractivity contribution is 5.22. The number of rotatable bonds is 5. The summed E-state index contributed by atoms with van der Waals surface area (Å²) in [5.74, 6) is 0. The van der Waals surface area contributed by atoms with E-state index in [1.54, 1.807) is 0 Å². The number of allylic oxidation sites excluding steroid dienone is 1. The Morgan fingerprint density at radius 1 is 1.60 bits per heavy atom. The molecule has 0 aliphatic heterocycles. The third-order valence-electron chi connectivity index (χ3n) is 2.63. The summed E-state index contributed by atoms with van der Waals surface area (Å²) < 4.78 is 0. The number of nitrogens with one attached hydrogen (secondary N) is 1. The van der Waals surface area contributed by atoms with Crippen LogP contribution in [0.25, 0.3) is 0 Å². The van der Waals surface area contributed by atoms with Crippen LogP contribution in [0.3, 0.4) is 0 Å². The molecule has 0 aromatic carbocycles. The molecule has 2 heteroatoms. The Balaban J connectivity index is 2.74. The van der Waals surface area contributed by atoms with E-state index in [0.29, 0.717) is 6.04 Å². The second-order valence-electron chi connectivity index (χ2n) is 4.02. The Labute approximate surface area is 92.4 Å². The fourth-order valence-electron chi connectivity index (χ4n) is 1.71. The summed E-state index contributed by atoms with van der Waals surface area (Å²) in [5.41, 5.74) is 3.64. The lowest BCUT2D eigenvalue weighted by atomic mass is 9.99. The van der Waals surface area contributed by atoms with E-state index in [1.165, 1.54) is 11.1 Å². The molecule has 0 aliphatic carbocycles. The molecule has 1 atom stereocenters. The smallest absolute Gasteiger partial charge is 0.0420 e. The van der Waals surface area contributed by atoms with Gasteiger partial charge in [-0.05, 0) is 45.4 Å². The first kappa shape index (κ1) is 11.9. The predicted molar refractivity (Wildman–Crippen MR) is 64.8 cm³/mol. The SMILES string of the molecule is C=C(C)CCC(NC)c1cccnc1C. The molecular formula is C13H20N2. The van der Waals surface area contributed by atoms with Gasteiger partial charge in [0.05, 0.1) is 0 Å². The zero-order valence-electron chi connectivity index (χ0n) is 9.88. The van der Waals surface area contributed by atoms with Gasteiger partial charge in [-0.3, -0.25) is 4.98 Å². The maximum absolute atomic E-state index is 4.31. The highest BCUT2D eigenvalue weighted by Crippen LogP contribution is 2.21. The standard InChI is InChI=1S/C13H20N2/c1-10(2)7-8-13(14-4)12-6-5-9-15-11(12)3/h5-6,9,13-14H,1,7-8H2,2-4H3. The molecule has 1 rings (SSSR count). The van der Waals surface area contributed by atoms with Crippen LogP contribution < -0.4 is 5.32 Å². The number of hydrogen-bond acceptors (Lipinski definition) is 2. The molecule has 0 radical (unpaired) electrons. The minimum Gasteiger partial charge on any atom is -0.313 e. The van der Waals surface area contributed by atoms with E-state index >= 15 is 0 Å². The van der Waals surface area contributed by atoms with Crippen LogP contribution in [0, 0.1) is 6.92 Å². The lowest BCUT2D eigenvalue weighted by molar-refractivity contribution is 0.543. The molecule has 1 aromatic rings. The summed E-state index contributed by atoms with van der Waals surface area (Å²) in [6.07, 6.45) is 3.97. The summed E-state index contributed by atoms with van der Waals surface area (Å²) in [6, 6.07) is 4.52. The van der Waals surface area contributed by atoms with Crippen molar-refractivity contribution in [2.45, 2.75) is 32.7 Å². The monoisotopic (exact) mass is 204 g/mol. The third kappa shape index (κ3) is 3.48. The fraction of sp³-hybridized carbons (Fsp3) is 0.462. The zero-order valence-corrected chi connectivity index (χ0v) is 9.88. The molecule has 1 unspecified atom stereocenters. The topological polar surface area (TPSA) is 24.9 Å². The molecule has 0 saturated heterocycles. The van der Waals surface area contributed by atoms with Crippen LogP contribution in [0.2, 0.25) is 0 Å². The van der Waals surface area contributed by atoms with Crippen LogP contribution in [-0.4, -0.2) is 12.0 Å². The summed E-state index contributed by atoms with van der Waals surface area (Å²) in [6.45, 7) is 8.06. The summed E-state index contributed by atoms with van der Waals surface area (Å²) >= 11 is 0. The molecule has 0 saturated carbocycles. The van der Waals surface area contributed by atoms with Crippen LogP contribution in [0.15, 0.2) is 30.5 Å². The first-order valence-electron chi connectivity index (χ1n) is 5.38. The molecule has 1 aromatic heterocycles. The second-order valence-corrected chi connectivity index (χ2v) is 4.02. The van der Waals surface area contributed by atoms with Gasteiger partial charge in [-0.15, -0.1) is 6.58 Å². The summed E-state index contributed by atoms with van der Waals surface area (Å²) in [7, 11) is 2.00. The Morgan fingerprint density at radius 3 is 2.87 bits per heavy atom. The molecule has 0 spiro atoms. The van der Waals surface area contributed by atoms with Crippen LogP contribution in [0.1, 0.15) is 37.1 Å². The maximum atomic E-state index is 4.31. The van der Waals surface area contributed by atoms with Crippen molar-refractivity contribution >= 4 is 0 Å². The van der Waals surface area contributed by atoms with Gasteiger partial charge in [-0.25, -0.2) is 0 Å². The average molecular weight is 204 g/mol. The van der Waals surface area contributed by atoms with Gasteiger partial charge in [0.25, 0.3) is 0 Å². The molecular weight excluding hydrogens is 184 g/mol. The van der Waals surface area contributed by atoms with Crippen LogP contribution >= 0.6 is 0 Å². The predicted octanol–water partition coefficient (Wildman–Crippen LogP) is 3.01. The van der Waals surface area contributed by atoms with Gasteiger partial charge >= 0.3 is 0 Å². The van der Waals surface area contributed by atoms with E-state index in [1.807, 2.05) is 19.3 Å². The second kappa shape index (κ2) is 5.66. The number of pyridine rings is 1. The average Bonchev–Trinajstić information content (AvgIpc) is 2.21. The third-order valence-corrected chi connectivity index (χ3v) is 2.63. The van der Waals surface area contributed by atoms with Crippen molar-refractivity contribution in [3.63, 3.8) is 0 Å². The number of hydrogen-bond donors (Lipinski definition) is 1. The van der Waals surface area contributed by atoms with Crippen molar-refractivity contribution in [2.24, 2.45) is 0 Å². The minimum absolute atomic E-state index is 0.385. The van der Waals surface area contributed by atoms with Crippen molar-refractivity contribution < 1.29 is 0 Å². The van der Waals surface area contributed by atoms with Gasteiger partial charge in [0, 0.05) is 17.9 Å². The van der Waals surface area contributed by atoms with Crippen molar-refractivity contribution in [1.82, 2.24) is 10.3 Å². The molecule has 0 fully saturated rings. The Kier molecular flexibility index (Phi) is 4.50. The van der Waals surface area contributed by atoms with Gasteiger partial charge in [-0.2, -0.15) is 0 Å². The lowest BCUT2D eigenvalue weighted by Gasteiger charge is -2.18. The van der Waals surface area contributed by atoms with E-state index in [0.717, 1.165) is 18.5 Å². The van der Waals surface area contributed by atoms with Crippen LogP contribution in [-0.2, 0) is 0 Å². The first-order chi connectivity index (χ1) is 7.15. The Hall–Kier alpha value is -1.15. The minimum atomic E-state index is 0.385. The van der Waals surface area contributed by atoms with Crippen molar-refractivity contribution in [2.75, 3.05) is 7.05 Å². The Morgan fingerprint density at radius 2 is 2.33 bits per heavy atom. The van der Waals surface area contributed by atoms with Gasteiger partial charge in [0.2, 0.25) is 0 Å². The molecule has 1 heterocycles. The van der Waals surface area contributed by atoms with Crippen LogP contribution in [0.5, 0.6) is 0 Å². The van der Waals surface area contributed by atoms with E-state index < -0.39 is 0 Å². The Bertz CT molecular complexity index is 331. The van der Waals surface area contributed by atoms with E-state index in [4.69, 9.17) is 0 Å². The highest BCUT2D eigenvalue weighted by atomic mass is 14.9. The number of aromatic nitrogens is 1. The lowest BCUT2D eigenvalue weighted by Crippen LogP contribution is -2.17. The molecule has 82 valence electrons. The van der Waals surface area contributed by atoms with Gasteiger partial charge in [0.15, 0.2) is 0 Å². The zero-order chi connectivity index (χ0) is 11.3. The van der Waals surface area contributed by atoms with E-state index in [2.05, 4.69) is 36.8 Å². The highest BCUT2D eigenvalue weighted by Gasteiger charge is 2.11. The van der Waals surface area contributed by atoms with Crippen molar-refractivity contribution in [3.05, 3.63) is 41.7 Å².